The van der Waals surface area contributed by atoms with Crippen LogP contribution in [0.2, 0.25) is 5.02 Å². The predicted molar refractivity (Wildman–Crippen MR) is 163 cm³/mol. The molecule has 226 valence electrons. The number of halogens is 4. The van der Waals surface area contributed by atoms with Gasteiger partial charge in [0.1, 0.15) is 29.9 Å². The average molecular weight is 630 g/mol. The molecule has 3 N–H and O–H groups in total. The van der Waals surface area contributed by atoms with Crippen molar-refractivity contribution >= 4 is 55.0 Å². The van der Waals surface area contributed by atoms with Gasteiger partial charge in [-0.15, -0.1) is 0 Å². The van der Waals surface area contributed by atoms with Crippen LogP contribution in [-0.4, -0.2) is 76.9 Å². The largest absolute Gasteiger partial charge is 0.461 e. The normalized spacial score (nSPS) is 27.3. The molecule has 4 atom stereocenters. The second-order valence-electron chi connectivity index (χ2n) is 12.4. The molecule has 8 nitrogen and oxygen atoms in total. The van der Waals surface area contributed by atoms with Crippen molar-refractivity contribution in [3.63, 3.8) is 0 Å². The molecule has 2 aromatic heterocycles. The highest BCUT2D eigenvalue weighted by Crippen LogP contribution is 2.44. The van der Waals surface area contributed by atoms with Crippen molar-refractivity contribution in [2.24, 2.45) is 5.92 Å². The summed E-state index contributed by atoms with van der Waals surface area (Å²) >= 11 is 7.81. The van der Waals surface area contributed by atoms with Crippen LogP contribution in [0.4, 0.5) is 24.1 Å². The van der Waals surface area contributed by atoms with Gasteiger partial charge in [-0.1, -0.05) is 22.9 Å². The minimum atomic E-state index is -0.897. The van der Waals surface area contributed by atoms with Crippen molar-refractivity contribution < 1.29 is 17.9 Å². The number of piperidine rings is 1. The first-order chi connectivity index (χ1) is 20.8. The van der Waals surface area contributed by atoms with E-state index in [1.54, 1.807) is 6.07 Å². The Morgan fingerprint density at radius 2 is 2.02 bits per heavy atom. The molecule has 4 aromatic rings. The summed E-state index contributed by atoms with van der Waals surface area (Å²) in [7, 11) is 0. The van der Waals surface area contributed by atoms with Crippen LogP contribution in [0.15, 0.2) is 18.2 Å². The Kier molecular flexibility index (Phi) is 6.63. The number of aromatic nitrogens is 3. The fraction of sp³-hybridized carbons (Fsp3) is 0.500. The lowest BCUT2D eigenvalue weighted by Gasteiger charge is -2.31. The van der Waals surface area contributed by atoms with Gasteiger partial charge in [0.2, 0.25) is 0 Å². The standard InChI is InChI=1S/C30H31ClF3N7OS/c31-20-8-19-24(23(34)22(20)18-4-5-21(33)26-25(18)37-28(35)43-26)38-29(42-14-30-6-1-7-41(30)12-16(32)9-30)39-27(19)40-11-15-2-3-17(13-40)36-10-15/h4-5,8,15-17,36H,1-3,6-7,9-14H2,(H2,35,37)/t15?,16-,17?,30+/m1/s1. The fourth-order valence-electron chi connectivity index (χ4n) is 7.67. The van der Waals surface area contributed by atoms with Gasteiger partial charge in [0, 0.05) is 48.6 Å². The van der Waals surface area contributed by atoms with Crippen LogP contribution in [0.3, 0.4) is 0 Å². The molecule has 5 saturated heterocycles. The summed E-state index contributed by atoms with van der Waals surface area (Å²) in [6.07, 6.45) is 3.49. The molecule has 5 fully saturated rings. The van der Waals surface area contributed by atoms with E-state index in [1.807, 2.05) is 0 Å². The molecule has 0 radical (unpaired) electrons. The Labute approximate surface area is 255 Å². The van der Waals surface area contributed by atoms with Gasteiger partial charge in [0.25, 0.3) is 0 Å². The zero-order chi connectivity index (χ0) is 29.5. The van der Waals surface area contributed by atoms with Crippen LogP contribution >= 0.6 is 22.9 Å². The van der Waals surface area contributed by atoms with E-state index in [-0.39, 0.29) is 44.1 Å². The summed E-state index contributed by atoms with van der Waals surface area (Å²) in [5.41, 5.74) is 6.19. The third kappa shape index (κ3) is 4.60. The van der Waals surface area contributed by atoms with E-state index in [9.17, 15) is 8.78 Å². The number of benzene rings is 2. The molecule has 0 aliphatic carbocycles. The molecule has 43 heavy (non-hydrogen) atoms. The lowest BCUT2D eigenvalue weighted by molar-refractivity contribution is 0.107. The Hall–Kier alpha value is -2.93. The average Bonchev–Trinajstić information content (AvgIpc) is 3.54. The minimum absolute atomic E-state index is 0.0462. The first kappa shape index (κ1) is 27.6. The number of rotatable bonds is 5. The molecular formula is C30H31ClF3N7OS. The minimum Gasteiger partial charge on any atom is -0.461 e. The highest BCUT2D eigenvalue weighted by molar-refractivity contribution is 7.22. The summed E-state index contributed by atoms with van der Waals surface area (Å²) in [5, 5.41) is 4.39. The van der Waals surface area contributed by atoms with Crippen LogP contribution in [0.5, 0.6) is 6.01 Å². The predicted octanol–water partition coefficient (Wildman–Crippen LogP) is 5.56. The Bertz CT molecular complexity index is 1730. The fourth-order valence-corrected chi connectivity index (χ4v) is 8.72. The molecule has 2 aromatic carbocycles. The van der Waals surface area contributed by atoms with Gasteiger partial charge in [0.05, 0.1) is 20.8 Å². The van der Waals surface area contributed by atoms with E-state index in [0.29, 0.717) is 48.2 Å². The lowest BCUT2D eigenvalue weighted by Crippen LogP contribution is -2.43. The number of nitrogens with zero attached hydrogens (tertiary/aromatic N) is 5. The van der Waals surface area contributed by atoms with E-state index in [0.717, 1.165) is 56.7 Å². The quantitative estimate of drug-likeness (QED) is 0.296. The van der Waals surface area contributed by atoms with E-state index < -0.39 is 23.3 Å². The first-order valence-corrected chi connectivity index (χ1v) is 16.0. The third-order valence-corrected chi connectivity index (χ3v) is 10.9. The summed E-state index contributed by atoms with van der Waals surface area (Å²) < 4.78 is 52.3. The van der Waals surface area contributed by atoms with E-state index in [1.165, 1.54) is 12.1 Å². The third-order valence-electron chi connectivity index (χ3n) is 9.69. The van der Waals surface area contributed by atoms with Crippen LogP contribution in [0, 0.1) is 17.6 Å². The highest BCUT2D eigenvalue weighted by atomic mass is 35.5. The molecule has 0 saturated carbocycles. The van der Waals surface area contributed by atoms with Gasteiger partial charge in [-0.2, -0.15) is 9.97 Å². The van der Waals surface area contributed by atoms with Crippen molar-refractivity contribution in [3.05, 3.63) is 34.9 Å². The second kappa shape index (κ2) is 10.3. The number of anilines is 2. The lowest BCUT2D eigenvalue weighted by atomic mass is 9.95. The summed E-state index contributed by atoms with van der Waals surface area (Å²) in [6, 6.07) is 4.75. The summed E-state index contributed by atoms with van der Waals surface area (Å²) in [6.45, 7) is 3.85. The van der Waals surface area contributed by atoms with E-state index in [2.05, 4.69) is 25.1 Å². The van der Waals surface area contributed by atoms with Gasteiger partial charge in [-0.25, -0.2) is 18.2 Å². The van der Waals surface area contributed by atoms with Gasteiger partial charge in [0.15, 0.2) is 10.9 Å². The van der Waals surface area contributed by atoms with Crippen LogP contribution < -0.4 is 20.7 Å². The van der Waals surface area contributed by atoms with Crippen molar-refractivity contribution in [2.75, 3.05) is 50.0 Å². The molecule has 2 bridgehead atoms. The Morgan fingerprint density at radius 3 is 2.86 bits per heavy atom. The number of ether oxygens (including phenoxy) is 1. The topological polar surface area (TPSA) is 92.4 Å². The molecule has 0 amide bonds. The molecule has 0 spiro atoms. The number of nitrogens with two attached hydrogens (primary N) is 1. The molecule has 5 aliphatic heterocycles. The number of alkyl halides is 1. The van der Waals surface area contributed by atoms with Gasteiger partial charge >= 0.3 is 6.01 Å². The number of nitrogen functional groups attached to an aromatic ring is 1. The number of nitrogens with one attached hydrogen (secondary N) is 1. The van der Waals surface area contributed by atoms with Gasteiger partial charge in [-0.3, -0.25) is 4.90 Å². The van der Waals surface area contributed by atoms with Crippen molar-refractivity contribution in [3.8, 4) is 17.1 Å². The van der Waals surface area contributed by atoms with Crippen LogP contribution in [0.1, 0.15) is 32.1 Å². The summed E-state index contributed by atoms with van der Waals surface area (Å²) in [4.78, 5) is 18.1. The molecule has 5 aliphatic rings. The zero-order valence-corrected chi connectivity index (χ0v) is 25.0. The van der Waals surface area contributed by atoms with Crippen LogP contribution in [0.25, 0.3) is 32.2 Å². The SMILES string of the molecule is Nc1nc2c(-c3c(Cl)cc4c(N5CC6CCC(C5)NC6)nc(OC[C@@]56CCCN5C[C@H](F)C6)nc4c3F)ccc(F)c2s1. The maximum absolute atomic E-state index is 16.8. The Morgan fingerprint density at radius 1 is 1.14 bits per heavy atom. The zero-order valence-electron chi connectivity index (χ0n) is 23.4. The second-order valence-corrected chi connectivity index (χ2v) is 13.9. The highest BCUT2D eigenvalue weighted by Gasteiger charge is 2.49. The first-order valence-electron chi connectivity index (χ1n) is 14.8. The van der Waals surface area contributed by atoms with Crippen LogP contribution in [-0.2, 0) is 0 Å². The maximum atomic E-state index is 16.8. The Balaban J connectivity index is 1.27. The van der Waals surface area contributed by atoms with Gasteiger partial charge in [-0.05, 0) is 62.9 Å². The number of hydrogen-bond donors (Lipinski definition) is 2. The molecule has 9 rings (SSSR count). The monoisotopic (exact) mass is 629 g/mol. The number of hydrogen-bond acceptors (Lipinski definition) is 9. The maximum Gasteiger partial charge on any atom is 0.319 e. The number of thiazole rings is 1. The van der Waals surface area contributed by atoms with E-state index in [4.69, 9.17) is 27.1 Å². The van der Waals surface area contributed by atoms with E-state index >= 15 is 4.39 Å². The van der Waals surface area contributed by atoms with Crippen molar-refractivity contribution in [1.29, 1.82) is 0 Å². The van der Waals surface area contributed by atoms with Crippen molar-refractivity contribution in [2.45, 2.75) is 49.9 Å². The number of fused-ring (bicyclic) bond motifs is 7. The molecule has 13 heteroatoms. The van der Waals surface area contributed by atoms with Gasteiger partial charge < -0.3 is 20.7 Å². The molecule has 2 unspecified atom stereocenters. The smallest absolute Gasteiger partial charge is 0.319 e. The summed E-state index contributed by atoms with van der Waals surface area (Å²) in [5.74, 6) is -0.165. The van der Waals surface area contributed by atoms with Crippen molar-refractivity contribution in [1.82, 2.24) is 25.2 Å². The molecular weight excluding hydrogens is 599 g/mol. The molecule has 7 heterocycles.